The quantitative estimate of drug-likeness (QED) is 0.753. The second kappa shape index (κ2) is 3.88. The number of ether oxygens (including phenoxy) is 1. The molecule has 0 bridgehead atoms. The molecule has 2 rings (SSSR count). The molecule has 0 saturated carbocycles. The predicted molar refractivity (Wildman–Crippen MR) is 51.8 cm³/mol. The fourth-order valence-corrected chi connectivity index (χ4v) is 1.41. The molecule has 2 aromatic rings. The van der Waals surface area contributed by atoms with Gasteiger partial charge in [-0.3, -0.25) is 4.79 Å². The number of alkyl halides is 2. The molecule has 2 aromatic heterocycles. The summed E-state index contributed by atoms with van der Waals surface area (Å²) in [5, 5.41) is 3.88. The Morgan fingerprint density at radius 3 is 2.88 bits per heavy atom. The molecule has 84 valence electrons. The standard InChI is InChI=1S/C10H8F2N2O2/c1-6(15)8-4-13-14-5-7(16-10(11)12)2-3-9(8)14/h2-5,10H,1H3. The van der Waals surface area contributed by atoms with Gasteiger partial charge in [-0.05, 0) is 19.1 Å². The average Bonchev–Trinajstić information content (AvgIpc) is 2.59. The monoisotopic (exact) mass is 226 g/mol. The van der Waals surface area contributed by atoms with Crippen LogP contribution in [0.15, 0.2) is 24.5 Å². The van der Waals surface area contributed by atoms with Crippen molar-refractivity contribution in [3.63, 3.8) is 0 Å². The van der Waals surface area contributed by atoms with Gasteiger partial charge in [0, 0.05) is 0 Å². The number of carbonyl (C=O) groups is 1. The first-order valence-electron chi connectivity index (χ1n) is 4.51. The summed E-state index contributed by atoms with van der Waals surface area (Å²) in [4.78, 5) is 11.2. The van der Waals surface area contributed by atoms with E-state index in [1.165, 1.54) is 36.0 Å². The Morgan fingerprint density at radius 2 is 2.25 bits per heavy atom. The fraction of sp³-hybridized carbons (Fsp3) is 0.200. The number of hydrogen-bond donors (Lipinski definition) is 0. The number of pyridine rings is 1. The van der Waals surface area contributed by atoms with Crippen molar-refractivity contribution in [2.75, 3.05) is 0 Å². The van der Waals surface area contributed by atoms with Crippen molar-refractivity contribution in [1.29, 1.82) is 0 Å². The molecule has 0 atom stereocenters. The van der Waals surface area contributed by atoms with E-state index >= 15 is 0 Å². The van der Waals surface area contributed by atoms with Gasteiger partial charge in [0.1, 0.15) is 5.75 Å². The van der Waals surface area contributed by atoms with E-state index < -0.39 is 6.61 Å². The summed E-state index contributed by atoms with van der Waals surface area (Å²) in [7, 11) is 0. The van der Waals surface area contributed by atoms with Crippen LogP contribution < -0.4 is 4.74 Å². The predicted octanol–water partition coefficient (Wildman–Crippen LogP) is 2.14. The largest absolute Gasteiger partial charge is 0.433 e. The highest BCUT2D eigenvalue weighted by molar-refractivity contribution is 6.00. The summed E-state index contributed by atoms with van der Waals surface area (Å²) in [6.07, 6.45) is 2.69. The van der Waals surface area contributed by atoms with E-state index in [1.54, 1.807) is 0 Å². The average molecular weight is 226 g/mol. The third-order valence-corrected chi connectivity index (χ3v) is 2.09. The van der Waals surface area contributed by atoms with Crippen molar-refractivity contribution < 1.29 is 18.3 Å². The summed E-state index contributed by atoms with van der Waals surface area (Å²) < 4.78 is 29.4. The van der Waals surface area contributed by atoms with Gasteiger partial charge in [-0.25, -0.2) is 4.52 Å². The van der Waals surface area contributed by atoms with E-state index in [0.29, 0.717) is 11.1 Å². The molecule has 0 unspecified atom stereocenters. The van der Waals surface area contributed by atoms with Gasteiger partial charge in [-0.1, -0.05) is 0 Å². The number of carbonyl (C=O) groups excluding carboxylic acids is 1. The Morgan fingerprint density at radius 1 is 1.50 bits per heavy atom. The Bertz CT molecular complexity index is 537. The molecule has 0 saturated heterocycles. The number of fused-ring (bicyclic) bond motifs is 1. The molecule has 0 aromatic carbocycles. The van der Waals surface area contributed by atoms with Crippen LogP contribution in [0.2, 0.25) is 0 Å². The van der Waals surface area contributed by atoms with Crippen LogP contribution in [0.3, 0.4) is 0 Å². The molecule has 0 fully saturated rings. The second-order valence-electron chi connectivity index (χ2n) is 3.19. The van der Waals surface area contributed by atoms with Crippen LogP contribution in [0.25, 0.3) is 5.52 Å². The van der Waals surface area contributed by atoms with Crippen LogP contribution in [0.1, 0.15) is 17.3 Å². The molecular weight excluding hydrogens is 218 g/mol. The van der Waals surface area contributed by atoms with Crippen molar-refractivity contribution in [3.8, 4) is 5.75 Å². The minimum Gasteiger partial charge on any atom is -0.433 e. The Balaban J connectivity index is 2.45. The van der Waals surface area contributed by atoms with Crippen LogP contribution in [0, 0.1) is 0 Å². The van der Waals surface area contributed by atoms with Crippen molar-refractivity contribution in [2.24, 2.45) is 0 Å². The van der Waals surface area contributed by atoms with E-state index in [9.17, 15) is 13.6 Å². The molecule has 0 aliphatic heterocycles. The lowest BCUT2D eigenvalue weighted by atomic mass is 10.2. The highest BCUT2D eigenvalue weighted by atomic mass is 19.3. The van der Waals surface area contributed by atoms with Gasteiger partial charge < -0.3 is 4.74 Å². The Kier molecular flexibility index (Phi) is 2.55. The molecule has 0 N–H and O–H groups in total. The number of Topliss-reactive ketones (excluding diaryl/α,β-unsaturated/α-hetero) is 1. The zero-order valence-electron chi connectivity index (χ0n) is 8.35. The highest BCUT2D eigenvalue weighted by Crippen LogP contribution is 2.18. The van der Waals surface area contributed by atoms with Crippen molar-refractivity contribution in [2.45, 2.75) is 13.5 Å². The van der Waals surface area contributed by atoms with Crippen molar-refractivity contribution in [1.82, 2.24) is 9.61 Å². The van der Waals surface area contributed by atoms with Crippen LogP contribution >= 0.6 is 0 Å². The first-order chi connectivity index (χ1) is 7.58. The fourth-order valence-electron chi connectivity index (χ4n) is 1.41. The topological polar surface area (TPSA) is 43.6 Å². The maximum atomic E-state index is 11.9. The van der Waals surface area contributed by atoms with Crippen LogP contribution in [0.4, 0.5) is 8.78 Å². The van der Waals surface area contributed by atoms with E-state index in [4.69, 9.17) is 0 Å². The number of rotatable bonds is 3. The van der Waals surface area contributed by atoms with Crippen LogP contribution in [-0.4, -0.2) is 22.0 Å². The van der Waals surface area contributed by atoms with Gasteiger partial charge in [0.2, 0.25) is 0 Å². The van der Waals surface area contributed by atoms with Crippen molar-refractivity contribution >= 4 is 11.3 Å². The number of hydrogen-bond acceptors (Lipinski definition) is 3. The van der Waals surface area contributed by atoms with Gasteiger partial charge in [-0.15, -0.1) is 0 Å². The third kappa shape index (κ3) is 1.86. The molecule has 0 radical (unpaired) electrons. The summed E-state index contributed by atoms with van der Waals surface area (Å²) >= 11 is 0. The Labute approximate surface area is 89.4 Å². The number of halogens is 2. The van der Waals surface area contributed by atoms with E-state index in [-0.39, 0.29) is 11.5 Å². The van der Waals surface area contributed by atoms with Gasteiger partial charge in [0.25, 0.3) is 0 Å². The summed E-state index contributed by atoms with van der Waals surface area (Å²) in [6, 6.07) is 2.89. The van der Waals surface area contributed by atoms with E-state index in [1.807, 2.05) is 0 Å². The normalized spacial score (nSPS) is 11.0. The summed E-state index contributed by atoms with van der Waals surface area (Å²) in [5.74, 6) is -0.127. The smallest absolute Gasteiger partial charge is 0.387 e. The molecule has 16 heavy (non-hydrogen) atoms. The second-order valence-corrected chi connectivity index (χ2v) is 3.19. The highest BCUT2D eigenvalue weighted by Gasteiger charge is 2.10. The lowest BCUT2D eigenvalue weighted by molar-refractivity contribution is -0.0501. The minimum atomic E-state index is -2.87. The molecule has 4 nitrogen and oxygen atoms in total. The lowest BCUT2D eigenvalue weighted by Crippen LogP contribution is -2.03. The molecule has 6 heteroatoms. The first-order valence-corrected chi connectivity index (χ1v) is 4.51. The zero-order valence-corrected chi connectivity index (χ0v) is 8.35. The van der Waals surface area contributed by atoms with Crippen LogP contribution in [-0.2, 0) is 0 Å². The van der Waals surface area contributed by atoms with Gasteiger partial charge in [0.05, 0.1) is 23.5 Å². The molecular formula is C10H8F2N2O2. The third-order valence-electron chi connectivity index (χ3n) is 2.09. The van der Waals surface area contributed by atoms with Gasteiger partial charge in [-0.2, -0.15) is 13.9 Å². The number of ketones is 1. The maximum absolute atomic E-state index is 11.9. The first kappa shape index (κ1) is 10.5. The van der Waals surface area contributed by atoms with Gasteiger partial charge in [0.15, 0.2) is 5.78 Å². The molecule has 0 aliphatic rings. The minimum absolute atomic E-state index is 0.000650. The molecule has 0 aliphatic carbocycles. The maximum Gasteiger partial charge on any atom is 0.387 e. The number of aromatic nitrogens is 2. The SMILES string of the molecule is CC(=O)c1cnn2cc(OC(F)F)ccc12. The zero-order chi connectivity index (χ0) is 11.7. The summed E-state index contributed by atoms with van der Waals surface area (Å²) in [5.41, 5.74) is 1.01. The summed E-state index contributed by atoms with van der Waals surface area (Å²) in [6.45, 7) is -1.46. The van der Waals surface area contributed by atoms with Crippen LogP contribution in [0.5, 0.6) is 5.75 Å². The number of nitrogens with zero attached hydrogens (tertiary/aromatic N) is 2. The van der Waals surface area contributed by atoms with Crippen molar-refractivity contribution in [3.05, 3.63) is 30.1 Å². The van der Waals surface area contributed by atoms with E-state index in [0.717, 1.165) is 0 Å². The molecule has 2 heterocycles. The molecule has 0 amide bonds. The van der Waals surface area contributed by atoms with Gasteiger partial charge >= 0.3 is 6.61 Å². The Hall–Kier alpha value is -1.98. The van der Waals surface area contributed by atoms with E-state index in [2.05, 4.69) is 9.84 Å². The lowest BCUT2D eigenvalue weighted by Gasteiger charge is -2.04. The molecule has 0 spiro atoms.